The van der Waals surface area contributed by atoms with Crippen molar-refractivity contribution < 1.29 is 0 Å². The van der Waals surface area contributed by atoms with E-state index in [1.54, 1.807) is 0 Å². The van der Waals surface area contributed by atoms with Gasteiger partial charge in [0.25, 0.3) is 0 Å². The predicted octanol–water partition coefficient (Wildman–Crippen LogP) is 2.69. The summed E-state index contributed by atoms with van der Waals surface area (Å²) in [5.41, 5.74) is 1.43. The number of piperidine rings is 1. The van der Waals surface area contributed by atoms with E-state index in [1.165, 1.54) is 54.4 Å². The van der Waals surface area contributed by atoms with Crippen molar-refractivity contribution in [2.24, 2.45) is 0 Å². The number of thiazole rings is 1. The zero-order valence-electron chi connectivity index (χ0n) is 12.3. The fourth-order valence-corrected chi connectivity index (χ4v) is 4.98. The number of fused-ring (bicyclic) bond motifs is 1. The first-order valence-electron chi connectivity index (χ1n) is 7.58. The molecule has 2 saturated heterocycles. The van der Waals surface area contributed by atoms with Gasteiger partial charge >= 0.3 is 0 Å². The van der Waals surface area contributed by atoms with Crippen LogP contribution < -0.4 is 5.32 Å². The Morgan fingerprint density at radius 3 is 3.00 bits per heavy atom. The maximum absolute atomic E-state index is 4.95. The lowest BCUT2D eigenvalue weighted by Crippen LogP contribution is -2.52. The minimum absolute atomic E-state index is 0.133. The average Bonchev–Trinajstić information content (AvgIpc) is 3.03. The van der Waals surface area contributed by atoms with Gasteiger partial charge in [0.2, 0.25) is 0 Å². The summed E-state index contributed by atoms with van der Waals surface area (Å²) in [6.45, 7) is 6.96. The molecule has 2 fully saturated rings. The Bertz CT molecular complexity index is 456. The predicted molar refractivity (Wildman–Crippen MR) is 80.8 cm³/mol. The number of aryl methyl sites for hydroxylation is 2. The topological polar surface area (TPSA) is 28.2 Å². The van der Waals surface area contributed by atoms with Gasteiger partial charge in [-0.25, -0.2) is 4.98 Å². The van der Waals surface area contributed by atoms with Crippen LogP contribution in [0.2, 0.25) is 0 Å². The first-order chi connectivity index (χ1) is 9.18. The molecule has 0 bridgehead atoms. The van der Waals surface area contributed by atoms with Crippen LogP contribution in [0, 0.1) is 6.92 Å². The maximum atomic E-state index is 4.95. The molecule has 1 N–H and O–H groups in total. The Kier molecular flexibility index (Phi) is 3.67. The molecule has 0 saturated carbocycles. The second kappa shape index (κ2) is 5.15. The molecule has 1 aromatic rings. The van der Waals surface area contributed by atoms with E-state index in [9.17, 15) is 0 Å². The molecule has 19 heavy (non-hydrogen) atoms. The lowest BCUT2D eigenvalue weighted by atomic mass is 9.84. The average molecular weight is 279 g/mol. The third kappa shape index (κ3) is 2.24. The van der Waals surface area contributed by atoms with Crippen LogP contribution in [0.3, 0.4) is 0 Å². The van der Waals surface area contributed by atoms with Crippen LogP contribution in [0.1, 0.15) is 48.2 Å². The first kappa shape index (κ1) is 13.5. The molecule has 2 aliphatic heterocycles. The van der Waals surface area contributed by atoms with E-state index in [0.717, 1.165) is 12.5 Å². The lowest BCUT2D eigenvalue weighted by Gasteiger charge is -2.43. The van der Waals surface area contributed by atoms with E-state index in [2.05, 4.69) is 31.1 Å². The van der Waals surface area contributed by atoms with Crippen molar-refractivity contribution in [3.8, 4) is 0 Å². The van der Waals surface area contributed by atoms with Crippen molar-refractivity contribution in [2.75, 3.05) is 20.1 Å². The van der Waals surface area contributed by atoms with Crippen LogP contribution in [0.4, 0.5) is 0 Å². The third-order valence-electron chi connectivity index (χ3n) is 5.02. The van der Waals surface area contributed by atoms with Crippen molar-refractivity contribution in [3.05, 3.63) is 15.6 Å². The molecule has 1 aromatic heterocycles. The van der Waals surface area contributed by atoms with Gasteiger partial charge in [-0.3, -0.25) is 0 Å². The molecule has 106 valence electrons. The fourth-order valence-electron chi connectivity index (χ4n) is 3.75. The number of aromatic nitrogens is 1. The normalized spacial score (nSPS) is 31.6. The molecule has 0 aliphatic carbocycles. The van der Waals surface area contributed by atoms with E-state index in [0.29, 0.717) is 0 Å². The number of hydrogen-bond donors (Lipinski definition) is 1. The summed E-state index contributed by atoms with van der Waals surface area (Å²) in [5.74, 6) is 0. The summed E-state index contributed by atoms with van der Waals surface area (Å²) in [5, 5.41) is 4.96. The summed E-state index contributed by atoms with van der Waals surface area (Å²) >= 11 is 1.91. The maximum Gasteiger partial charge on any atom is 0.113 e. The molecular weight excluding hydrogens is 254 g/mol. The van der Waals surface area contributed by atoms with Crippen LogP contribution in [0.15, 0.2) is 0 Å². The fraction of sp³-hybridized carbons (Fsp3) is 0.800. The number of nitrogens with one attached hydrogen (secondary N) is 1. The summed E-state index contributed by atoms with van der Waals surface area (Å²) in [7, 11) is 2.12. The van der Waals surface area contributed by atoms with E-state index >= 15 is 0 Å². The molecular formula is C15H25N3S. The second-order valence-corrected chi connectivity index (χ2v) is 7.20. The zero-order chi connectivity index (χ0) is 13.5. The number of hydrogen-bond acceptors (Lipinski definition) is 4. The quantitative estimate of drug-likeness (QED) is 0.922. The van der Waals surface area contributed by atoms with Gasteiger partial charge < -0.3 is 10.2 Å². The van der Waals surface area contributed by atoms with Crippen LogP contribution in [0.5, 0.6) is 0 Å². The molecule has 2 atom stereocenters. The molecule has 2 unspecified atom stereocenters. The van der Waals surface area contributed by atoms with Gasteiger partial charge in [0.15, 0.2) is 0 Å². The molecule has 0 aromatic carbocycles. The van der Waals surface area contributed by atoms with Crippen LogP contribution in [-0.4, -0.2) is 36.1 Å². The van der Waals surface area contributed by atoms with E-state index < -0.39 is 0 Å². The van der Waals surface area contributed by atoms with Crippen LogP contribution in [-0.2, 0) is 12.0 Å². The monoisotopic (exact) mass is 279 g/mol. The Balaban J connectivity index is 1.89. The first-order valence-corrected chi connectivity index (χ1v) is 8.40. The third-order valence-corrected chi connectivity index (χ3v) is 6.24. The smallest absolute Gasteiger partial charge is 0.113 e. The standard InChI is InChI=1S/C15H25N3S/c1-4-13-11(2)19-14(17-13)15(16-3)7-9-18-8-5-6-12(18)10-15/h12,16H,4-10H2,1-3H3. The molecule has 3 nitrogen and oxygen atoms in total. The van der Waals surface area contributed by atoms with Crippen molar-refractivity contribution in [1.29, 1.82) is 0 Å². The second-order valence-electron chi connectivity index (χ2n) is 5.99. The Hall–Kier alpha value is -0.450. The largest absolute Gasteiger partial charge is 0.308 e. The molecule has 0 radical (unpaired) electrons. The van der Waals surface area contributed by atoms with Crippen molar-refractivity contribution >= 4 is 11.3 Å². The van der Waals surface area contributed by atoms with E-state index in [1.807, 2.05) is 11.3 Å². The molecule has 0 spiro atoms. The Morgan fingerprint density at radius 2 is 2.32 bits per heavy atom. The molecule has 0 amide bonds. The number of nitrogens with zero attached hydrogens (tertiary/aromatic N) is 2. The van der Waals surface area contributed by atoms with Crippen molar-refractivity contribution in [3.63, 3.8) is 0 Å². The van der Waals surface area contributed by atoms with Crippen molar-refractivity contribution in [1.82, 2.24) is 15.2 Å². The highest BCUT2D eigenvalue weighted by Crippen LogP contribution is 2.41. The molecule has 3 rings (SSSR count). The van der Waals surface area contributed by atoms with Gasteiger partial charge in [0, 0.05) is 17.5 Å². The summed E-state index contributed by atoms with van der Waals surface area (Å²) in [4.78, 5) is 9.03. The summed E-state index contributed by atoms with van der Waals surface area (Å²) in [6, 6.07) is 0.774. The highest BCUT2D eigenvalue weighted by molar-refractivity contribution is 7.11. The minimum Gasteiger partial charge on any atom is -0.308 e. The summed E-state index contributed by atoms with van der Waals surface area (Å²) < 4.78 is 0. The molecule has 4 heteroatoms. The number of rotatable bonds is 3. The highest BCUT2D eigenvalue weighted by Gasteiger charge is 2.43. The van der Waals surface area contributed by atoms with E-state index in [-0.39, 0.29) is 5.54 Å². The summed E-state index contributed by atoms with van der Waals surface area (Å²) in [6.07, 6.45) is 6.24. The van der Waals surface area contributed by atoms with Gasteiger partial charge in [-0.15, -0.1) is 11.3 Å². The lowest BCUT2D eigenvalue weighted by molar-refractivity contribution is 0.110. The van der Waals surface area contributed by atoms with Crippen LogP contribution in [0.25, 0.3) is 0 Å². The van der Waals surface area contributed by atoms with Gasteiger partial charge in [-0.1, -0.05) is 6.92 Å². The van der Waals surface area contributed by atoms with Gasteiger partial charge in [0.05, 0.1) is 11.2 Å². The Labute approximate surface area is 120 Å². The van der Waals surface area contributed by atoms with Crippen molar-refractivity contribution in [2.45, 2.75) is 57.5 Å². The van der Waals surface area contributed by atoms with Crippen LogP contribution >= 0.6 is 11.3 Å². The van der Waals surface area contributed by atoms with E-state index in [4.69, 9.17) is 4.98 Å². The van der Waals surface area contributed by atoms with Gasteiger partial charge in [-0.2, -0.15) is 0 Å². The molecule has 2 aliphatic rings. The van der Waals surface area contributed by atoms with Gasteiger partial charge in [-0.05, 0) is 52.6 Å². The SMILES string of the molecule is CCc1nc(C2(NC)CCN3CCCC3C2)sc1C. The van der Waals surface area contributed by atoms with Gasteiger partial charge in [0.1, 0.15) is 5.01 Å². The highest BCUT2D eigenvalue weighted by atomic mass is 32.1. The molecule has 3 heterocycles. The minimum atomic E-state index is 0.133. The zero-order valence-corrected chi connectivity index (χ0v) is 13.1. The Morgan fingerprint density at radius 1 is 1.47 bits per heavy atom.